The van der Waals surface area contributed by atoms with Gasteiger partial charge in [0.1, 0.15) is 0 Å². The van der Waals surface area contributed by atoms with Gasteiger partial charge in [-0.05, 0) is 32.7 Å². The van der Waals surface area contributed by atoms with Crippen LogP contribution >= 0.6 is 0 Å². The molecule has 0 aliphatic carbocycles. The van der Waals surface area contributed by atoms with Gasteiger partial charge in [0.2, 0.25) is 0 Å². The van der Waals surface area contributed by atoms with Crippen molar-refractivity contribution in [2.45, 2.75) is 37.8 Å². The molecule has 78 valence electrons. The van der Waals surface area contributed by atoms with Crippen LogP contribution in [0.15, 0.2) is 0 Å². The molecular formula is C10H21NO2. The van der Waals surface area contributed by atoms with Crippen LogP contribution in [0.3, 0.4) is 0 Å². The number of hydrogen-bond donors (Lipinski definition) is 1. The molecule has 0 radical (unpaired) electrons. The third-order valence-electron chi connectivity index (χ3n) is 2.65. The molecule has 1 N–H and O–H groups in total. The molecule has 0 aromatic heterocycles. The number of ether oxygens (including phenoxy) is 2. The van der Waals surface area contributed by atoms with E-state index in [0.29, 0.717) is 12.1 Å². The van der Waals surface area contributed by atoms with Gasteiger partial charge in [-0.1, -0.05) is 0 Å². The van der Waals surface area contributed by atoms with Crippen LogP contribution in [0.4, 0.5) is 0 Å². The number of nitrogens with one attached hydrogen (secondary N) is 1. The van der Waals surface area contributed by atoms with Crippen LogP contribution in [-0.2, 0) is 9.47 Å². The van der Waals surface area contributed by atoms with Crippen LogP contribution in [0.1, 0.15) is 25.7 Å². The van der Waals surface area contributed by atoms with Crippen molar-refractivity contribution in [1.29, 1.82) is 0 Å². The van der Waals surface area contributed by atoms with Gasteiger partial charge in [0.05, 0.1) is 6.10 Å². The van der Waals surface area contributed by atoms with E-state index in [1.807, 2.05) is 7.05 Å². The number of hydrogen-bond acceptors (Lipinski definition) is 3. The highest BCUT2D eigenvalue weighted by Gasteiger charge is 2.23. The van der Waals surface area contributed by atoms with Gasteiger partial charge in [0.15, 0.2) is 0 Å². The van der Waals surface area contributed by atoms with Gasteiger partial charge in [-0.15, -0.1) is 0 Å². The molecule has 2 unspecified atom stereocenters. The Morgan fingerprint density at radius 1 is 1.62 bits per heavy atom. The highest BCUT2D eigenvalue weighted by molar-refractivity contribution is 4.79. The number of likely N-dealkylation sites (N-methyl/N-ethyl adjacent to an activating group) is 1. The smallest absolute Gasteiger partial charge is 0.0728 e. The Balaban J connectivity index is 2.16. The summed E-state index contributed by atoms with van der Waals surface area (Å²) in [6, 6.07) is 0.512. The van der Waals surface area contributed by atoms with Crippen molar-refractivity contribution >= 4 is 0 Å². The van der Waals surface area contributed by atoms with Gasteiger partial charge in [0, 0.05) is 26.4 Å². The monoisotopic (exact) mass is 187 g/mol. The summed E-state index contributed by atoms with van der Waals surface area (Å²) >= 11 is 0. The lowest BCUT2D eigenvalue weighted by Gasteiger charge is -2.22. The molecule has 0 bridgehead atoms. The molecule has 0 amide bonds. The summed E-state index contributed by atoms with van der Waals surface area (Å²) in [4.78, 5) is 0. The first-order chi connectivity index (χ1) is 6.38. The van der Waals surface area contributed by atoms with Crippen molar-refractivity contribution in [1.82, 2.24) is 5.32 Å². The molecule has 0 saturated carbocycles. The van der Waals surface area contributed by atoms with Crippen molar-refractivity contribution in [3.05, 3.63) is 0 Å². The molecule has 0 aromatic carbocycles. The molecule has 1 aliphatic rings. The Morgan fingerprint density at radius 3 is 3.00 bits per heavy atom. The molecule has 13 heavy (non-hydrogen) atoms. The van der Waals surface area contributed by atoms with E-state index in [4.69, 9.17) is 9.47 Å². The normalized spacial score (nSPS) is 24.9. The maximum Gasteiger partial charge on any atom is 0.0728 e. The SMILES string of the molecule is CNC(CCCOC)C1CCCO1. The fourth-order valence-corrected chi connectivity index (χ4v) is 1.88. The van der Waals surface area contributed by atoms with Crippen LogP contribution in [0, 0.1) is 0 Å². The van der Waals surface area contributed by atoms with Gasteiger partial charge < -0.3 is 14.8 Å². The molecule has 1 aliphatic heterocycles. The molecule has 1 rings (SSSR count). The molecule has 0 spiro atoms. The summed E-state index contributed by atoms with van der Waals surface area (Å²) in [5, 5.41) is 3.32. The highest BCUT2D eigenvalue weighted by atomic mass is 16.5. The molecule has 1 saturated heterocycles. The van der Waals surface area contributed by atoms with Crippen molar-refractivity contribution in [3.63, 3.8) is 0 Å². The van der Waals surface area contributed by atoms with Crippen molar-refractivity contribution in [2.75, 3.05) is 27.4 Å². The number of methoxy groups -OCH3 is 1. The first-order valence-corrected chi connectivity index (χ1v) is 5.16. The third-order valence-corrected chi connectivity index (χ3v) is 2.65. The van der Waals surface area contributed by atoms with Crippen LogP contribution in [0.2, 0.25) is 0 Å². The first kappa shape index (κ1) is 11.0. The molecule has 2 atom stereocenters. The lowest BCUT2D eigenvalue weighted by atomic mass is 10.0. The quantitative estimate of drug-likeness (QED) is 0.633. The predicted molar refractivity (Wildman–Crippen MR) is 52.9 cm³/mol. The van der Waals surface area contributed by atoms with E-state index in [2.05, 4.69) is 5.32 Å². The lowest BCUT2D eigenvalue weighted by Crippen LogP contribution is -2.37. The summed E-state index contributed by atoms with van der Waals surface area (Å²) in [5.41, 5.74) is 0. The summed E-state index contributed by atoms with van der Waals surface area (Å²) in [5.74, 6) is 0. The summed E-state index contributed by atoms with van der Waals surface area (Å²) < 4.78 is 10.7. The van der Waals surface area contributed by atoms with Gasteiger partial charge >= 0.3 is 0 Å². The zero-order valence-electron chi connectivity index (χ0n) is 8.71. The van der Waals surface area contributed by atoms with E-state index in [9.17, 15) is 0 Å². The van der Waals surface area contributed by atoms with Gasteiger partial charge in [-0.3, -0.25) is 0 Å². The second-order valence-electron chi connectivity index (χ2n) is 3.58. The fraction of sp³-hybridized carbons (Fsp3) is 1.00. The van der Waals surface area contributed by atoms with Crippen LogP contribution < -0.4 is 5.32 Å². The standard InChI is InChI=1S/C10H21NO2/c1-11-9(5-3-7-12-2)10-6-4-8-13-10/h9-11H,3-8H2,1-2H3. The van der Waals surface area contributed by atoms with Crippen LogP contribution in [0.25, 0.3) is 0 Å². The third kappa shape index (κ3) is 3.63. The molecule has 1 fully saturated rings. The number of rotatable bonds is 6. The summed E-state index contributed by atoms with van der Waals surface area (Å²) in [6.07, 6.45) is 5.12. The minimum Gasteiger partial charge on any atom is -0.385 e. The molecule has 0 aromatic rings. The topological polar surface area (TPSA) is 30.5 Å². The van der Waals surface area contributed by atoms with Crippen LogP contribution in [0.5, 0.6) is 0 Å². The highest BCUT2D eigenvalue weighted by Crippen LogP contribution is 2.18. The van der Waals surface area contributed by atoms with Gasteiger partial charge in [-0.25, -0.2) is 0 Å². The fourth-order valence-electron chi connectivity index (χ4n) is 1.88. The Bertz CT molecular complexity index is 124. The predicted octanol–water partition coefficient (Wildman–Crippen LogP) is 1.18. The Morgan fingerprint density at radius 2 is 2.46 bits per heavy atom. The van der Waals surface area contributed by atoms with Crippen molar-refractivity contribution in [2.24, 2.45) is 0 Å². The second-order valence-corrected chi connectivity index (χ2v) is 3.58. The first-order valence-electron chi connectivity index (χ1n) is 5.16. The molecular weight excluding hydrogens is 166 g/mol. The zero-order valence-corrected chi connectivity index (χ0v) is 8.71. The van der Waals surface area contributed by atoms with E-state index < -0.39 is 0 Å². The van der Waals surface area contributed by atoms with E-state index in [-0.39, 0.29) is 0 Å². The Kier molecular flexibility index (Phi) is 5.35. The molecule has 3 heteroatoms. The van der Waals surface area contributed by atoms with E-state index in [1.165, 1.54) is 12.8 Å². The Labute approximate surface area is 80.8 Å². The summed E-state index contributed by atoms with van der Waals surface area (Å²) in [6.45, 7) is 1.79. The average molecular weight is 187 g/mol. The van der Waals surface area contributed by atoms with Crippen LogP contribution in [-0.4, -0.2) is 39.5 Å². The lowest BCUT2D eigenvalue weighted by molar-refractivity contribution is 0.0740. The van der Waals surface area contributed by atoms with Gasteiger partial charge in [-0.2, -0.15) is 0 Å². The van der Waals surface area contributed by atoms with Gasteiger partial charge in [0.25, 0.3) is 0 Å². The summed E-state index contributed by atoms with van der Waals surface area (Å²) in [7, 11) is 3.76. The minimum absolute atomic E-state index is 0.432. The van der Waals surface area contributed by atoms with Crippen molar-refractivity contribution < 1.29 is 9.47 Å². The maximum atomic E-state index is 5.63. The average Bonchev–Trinajstić information content (AvgIpc) is 2.65. The van der Waals surface area contributed by atoms with E-state index in [1.54, 1.807) is 7.11 Å². The van der Waals surface area contributed by atoms with Crippen molar-refractivity contribution in [3.8, 4) is 0 Å². The molecule has 3 nitrogen and oxygen atoms in total. The largest absolute Gasteiger partial charge is 0.385 e. The Hall–Kier alpha value is -0.120. The minimum atomic E-state index is 0.432. The maximum absolute atomic E-state index is 5.63. The zero-order chi connectivity index (χ0) is 9.52. The molecule has 1 heterocycles. The van der Waals surface area contributed by atoms with E-state index in [0.717, 1.165) is 26.1 Å². The second kappa shape index (κ2) is 6.35. The van der Waals surface area contributed by atoms with E-state index >= 15 is 0 Å².